The number of benzene rings is 1. The molecule has 4 nitrogen and oxygen atoms in total. The first-order chi connectivity index (χ1) is 7.42. The molecular formula is C10H16ClN2O2S+. The minimum absolute atomic E-state index is 0.203. The lowest BCUT2D eigenvalue weighted by Gasteiger charge is -2.09. The Hall–Kier alpha value is -0.620. The van der Waals surface area contributed by atoms with Gasteiger partial charge in [0.25, 0.3) is 0 Å². The van der Waals surface area contributed by atoms with Crippen molar-refractivity contribution in [3.05, 3.63) is 29.3 Å². The van der Waals surface area contributed by atoms with Crippen molar-refractivity contribution in [1.82, 2.24) is 4.72 Å². The van der Waals surface area contributed by atoms with Gasteiger partial charge in [0.2, 0.25) is 10.0 Å². The Balaban J connectivity index is 2.71. The van der Waals surface area contributed by atoms with Crippen LogP contribution in [0.5, 0.6) is 0 Å². The van der Waals surface area contributed by atoms with Crippen molar-refractivity contribution in [3.8, 4) is 0 Å². The Morgan fingerprint density at radius 3 is 2.62 bits per heavy atom. The van der Waals surface area contributed by atoms with Gasteiger partial charge in [0.1, 0.15) is 0 Å². The molecule has 1 aromatic rings. The molecule has 0 unspecified atom stereocenters. The molecule has 2 N–H and O–H groups in total. The van der Waals surface area contributed by atoms with Gasteiger partial charge in [0.15, 0.2) is 0 Å². The highest BCUT2D eigenvalue weighted by Gasteiger charge is 2.13. The maximum atomic E-state index is 11.8. The summed E-state index contributed by atoms with van der Waals surface area (Å²) in [5, 5.41) is 0.418. The van der Waals surface area contributed by atoms with Gasteiger partial charge in [-0.25, -0.2) is 13.1 Å². The average molecular weight is 264 g/mol. The summed E-state index contributed by atoms with van der Waals surface area (Å²) in [4.78, 5) is 1.39. The van der Waals surface area contributed by atoms with E-state index in [1.807, 2.05) is 14.1 Å². The van der Waals surface area contributed by atoms with Gasteiger partial charge >= 0.3 is 0 Å². The average Bonchev–Trinajstić information content (AvgIpc) is 2.16. The number of sulfonamides is 1. The molecule has 1 aromatic carbocycles. The molecule has 1 rings (SSSR count). The first kappa shape index (κ1) is 13.4. The van der Waals surface area contributed by atoms with Crippen LogP contribution in [0.4, 0.5) is 0 Å². The van der Waals surface area contributed by atoms with Crippen LogP contribution in [-0.2, 0) is 10.0 Å². The van der Waals surface area contributed by atoms with Gasteiger partial charge in [-0.05, 0) is 18.2 Å². The molecule has 0 bridgehead atoms. The van der Waals surface area contributed by atoms with E-state index in [9.17, 15) is 8.42 Å². The molecular weight excluding hydrogens is 248 g/mol. The summed E-state index contributed by atoms with van der Waals surface area (Å²) >= 11 is 5.74. The third-order valence-electron chi connectivity index (χ3n) is 2.02. The standard InChI is InChI=1S/C10H15ClN2O2S/c1-13(2)7-6-12-16(14,15)10-5-3-4-9(11)8-10/h3-5,8,12H,6-7H2,1-2H3/p+1. The molecule has 6 heteroatoms. The number of halogens is 1. The first-order valence-corrected chi connectivity index (χ1v) is 6.82. The van der Waals surface area contributed by atoms with Gasteiger partial charge in [0.05, 0.1) is 32.1 Å². The summed E-state index contributed by atoms with van der Waals surface area (Å²) in [6.45, 7) is 1.15. The largest absolute Gasteiger partial charge is 0.339 e. The molecule has 0 aliphatic carbocycles. The lowest BCUT2D eigenvalue weighted by atomic mass is 10.4. The van der Waals surface area contributed by atoms with Gasteiger partial charge in [-0.15, -0.1) is 0 Å². The number of rotatable bonds is 5. The molecule has 0 fully saturated rings. The maximum absolute atomic E-state index is 11.8. The van der Waals surface area contributed by atoms with Crippen molar-refractivity contribution < 1.29 is 13.3 Å². The molecule has 0 saturated heterocycles. The maximum Gasteiger partial charge on any atom is 0.240 e. The summed E-state index contributed by atoms with van der Waals surface area (Å²) in [6.07, 6.45) is 0. The fourth-order valence-electron chi connectivity index (χ4n) is 1.15. The Morgan fingerprint density at radius 2 is 2.06 bits per heavy atom. The van der Waals surface area contributed by atoms with Crippen molar-refractivity contribution in [3.63, 3.8) is 0 Å². The zero-order valence-corrected chi connectivity index (χ0v) is 10.9. The Labute approximate surface area is 101 Å². The molecule has 0 aliphatic heterocycles. The minimum atomic E-state index is -3.43. The van der Waals surface area contributed by atoms with Gasteiger partial charge in [-0.2, -0.15) is 0 Å². The fourth-order valence-corrected chi connectivity index (χ4v) is 2.49. The minimum Gasteiger partial charge on any atom is -0.339 e. The fraction of sp³-hybridized carbons (Fsp3) is 0.400. The summed E-state index contributed by atoms with van der Waals surface area (Å²) in [5.74, 6) is 0. The summed E-state index contributed by atoms with van der Waals surface area (Å²) in [5.41, 5.74) is 0. The van der Waals surface area contributed by atoms with Crippen molar-refractivity contribution in [2.75, 3.05) is 27.2 Å². The van der Waals surface area contributed by atoms with Crippen LogP contribution in [0.3, 0.4) is 0 Å². The number of quaternary nitrogens is 1. The van der Waals surface area contributed by atoms with E-state index < -0.39 is 10.0 Å². The van der Waals surface area contributed by atoms with Crippen LogP contribution >= 0.6 is 11.6 Å². The van der Waals surface area contributed by atoms with Crippen molar-refractivity contribution in [1.29, 1.82) is 0 Å². The summed E-state index contributed by atoms with van der Waals surface area (Å²) < 4.78 is 26.1. The van der Waals surface area contributed by atoms with Crippen molar-refractivity contribution in [2.24, 2.45) is 0 Å². The van der Waals surface area contributed by atoms with Gasteiger partial charge in [0, 0.05) is 5.02 Å². The Morgan fingerprint density at radius 1 is 1.38 bits per heavy atom. The zero-order valence-electron chi connectivity index (χ0n) is 9.33. The molecule has 0 amide bonds. The van der Waals surface area contributed by atoms with E-state index >= 15 is 0 Å². The van der Waals surface area contributed by atoms with Gasteiger partial charge in [-0.1, -0.05) is 17.7 Å². The molecule has 0 radical (unpaired) electrons. The van der Waals surface area contributed by atoms with E-state index in [2.05, 4.69) is 4.72 Å². The number of likely N-dealkylation sites (N-methyl/N-ethyl adjacent to an activating group) is 1. The molecule has 0 heterocycles. The van der Waals surface area contributed by atoms with E-state index in [1.54, 1.807) is 12.1 Å². The SMILES string of the molecule is C[NH+](C)CCNS(=O)(=O)c1cccc(Cl)c1. The van der Waals surface area contributed by atoms with Crippen molar-refractivity contribution >= 4 is 21.6 Å². The highest BCUT2D eigenvalue weighted by atomic mass is 35.5. The second-order valence-corrected chi connectivity index (χ2v) is 6.02. The predicted octanol–water partition coefficient (Wildman–Crippen LogP) is -0.237. The van der Waals surface area contributed by atoms with Crippen LogP contribution < -0.4 is 9.62 Å². The molecule has 90 valence electrons. The molecule has 0 spiro atoms. The van der Waals surface area contributed by atoms with Crippen LogP contribution in [-0.4, -0.2) is 35.6 Å². The number of hydrogen-bond donors (Lipinski definition) is 2. The van der Waals surface area contributed by atoms with Crippen LogP contribution in [0.15, 0.2) is 29.2 Å². The van der Waals surface area contributed by atoms with E-state index in [4.69, 9.17) is 11.6 Å². The number of hydrogen-bond acceptors (Lipinski definition) is 2. The van der Waals surface area contributed by atoms with E-state index in [-0.39, 0.29) is 4.90 Å². The van der Waals surface area contributed by atoms with E-state index in [0.29, 0.717) is 11.6 Å². The zero-order chi connectivity index (χ0) is 12.2. The molecule has 16 heavy (non-hydrogen) atoms. The smallest absolute Gasteiger partial charge is 0.240 e. The van der Waals surface area contributed by atoms with Crippen molar-refractivity contribution in [2.45, 2.75) is 4.90 Å². The Bertz CT molecular complexity index is 446. The van der Waals surface area contributed by atoms with E-state index in [0.717, 1.165) is 6.54 Å². The highest BCUT2D eigenvalue weighted by molar-refractivity contribution is 7.89. The molecule has 0 aromatic heterocycles. The third-order valence-corrected chi connectivity index (χ3v) is 3.72. The quantitative estimate of drug-likeness (QED) is 0.771. The number of nitrogens with one attached hydrogen (secondary N) is 2. The second kappa shape index (κ2) is 5.63. The second-order valence-electron chi connectivity index (χ2n) is 3.81. The normalized spacial score (nSPS) is 12.0. The van der Waals surface area contributed by atoms with Crippen LogP contribution in [0.25, 0.3) is 0 Å². The van der Waals surface area contributed by atoms with Crippen LogP contribution in [0, 0.1) is 0 Å². The van der Waals surface area contributed by atoms with Gasteiger partial charge < -0.3 is 4.90 Å². The molecule has 0 aliphatic rings. The summed E-state index contributed by atoms with van der Waals surface area (Å²) in [7, 11) is 0.506. The lowest BCUT2D eigenvalue weighted by Crippen LogP contribution is -3.06. The highest BCUT2D eigenvalue weighted by Crippen LogP contribution is 2.14. The molecule has 0 atom stereocenters. The Kier molecular flexibility index (Phi) is 4.73. The first-order valence-electron chi connectivity index (χ1n) is 4.96. The van der Waals surface area contributed by atoms with Crippen LogP contribution in [0.2, 0.25) is 5.02 Å². The van der Waals surface area contributed by atoms with E-state index in [1.165, 1.54) is 17.0 Å². The lowest BCUT2D eigenvalue weighted by molar-refractivity contribution is -0.856. The van der Waals surface area contributed by atoms with Gasteiger partial charge in [-0.3, -0.25) is 0 Å². The topological polar surface area (TPSA) is 50.6 Å². The summed E-state index contributed by atoms with van der Waals surface area (Å²) in [6, 6.07) is 6.22. The third kappa shape index (κ3) is 4.09. The predicted molar refractivity (Wildman–Crippen MR) is 64.3 cm³/mol. The van der Waals surface area contributed by atoms with Crippen LogP contribution in [0.1, 0.15) is 0 Å². The molecule has 0 saturated carbocycles. The monoisotopic (exact) mass is 263 g/mol.